The summed E-state index contributed by atoms with van der Waals surface area (Å²) in [6, 6.07) is 2.38. The van der Waals surface area contributed by atoms with E-state index < -0.39 is 9.84 Å². The van der Waals surface area contributed by atoms with E-state index in [4.69, 9.17) is 0 Å². The Morgan fingerprint density at radius 3 is 2.88 bits per heavy atom. The molecule has 1 atom stereocenters. The third-order valence-corrected chi connectivity index (χ3v) is 5.71. The van der Waals surface area contributed by atoms with E-state index in [1.807, 2.05) is 16.9 Å². The predicted molar refractivity (Wildman–Crippen MR) is 91.3 cm³/mol. The van der Waals surface area contributed by atoms with Crippen molar-refractivity contribution in [2.45, 2.75) is 56.6 Å². The van der Waals surface area contributed by atoms with E-state index in [-0.39, 0.29) is 6.04 Å². The molecule has 1 saturated heterocycles. The minimum absolute atomic E-state index is 0.0430. The second-order valence-corrected chi connectivity index (χ2v) is 8.75. The second kappa shape index (κ2) is 6.68. The van der Waals surface area contributed by atoms with Gasteiger partial charge in [0.1, 0.15) is 4.90 Å². The molecule has 1 aliphatic rings. The molecule has 0 aromatic carbocycles. The maximum Gasteiger partial charge on any atom is 0.178 e. The van der Waals surface area contributed by atoms with Gasteiger partial charge in [0.15, 0.2) is 9.84 Å². The molecular weight excluding hydrogens is 326 g/mol. The SMILES string of the molecule is CC(C)n1nccc1CN1CCCCC1c1[nH]ncc1S(C)(=O)=O. The molecule has 3 rings (SSSR count). The van der Waals surface area contributed by atoms with Gasteiger partial charge in [-0.25, -0.2) is 8.42 Å². The molecule has 8 heteroatoms. The minimum atomic E-state index is -3.28. The van der Waals surface area contributed by atoms with Gasteiger partial charge >= 0.3 is 0 Å². The maximum absolute atomic E-state index is 12.0. The Hall–Kier alpha value is -1.67. The molecule has 1 unspecified atom stereocenters. The molecule has 0 saturated carbocycles. The van der Waals surface area contributed by atoms with Gasteiger partial charge in [-0.1, -0.05) is 6.42 Å². The van der Waals surface area contributed by atoms with Crippen LogP contribution >= 0.6 is 0 Å². The van der Waals surface area contributed by atoms with Gasteiger partial charge in [0, 0.05) is 25.0 Å². The van der Waals surface area contributed by atoms with Crippen molar-refractivity contribution in [2.24, 2.45) is 0 Å². The molecule has 7 nitrogen and oxygen atoms in total. The molecule has 0 aliphatic carbocycles. The number of likely N-dealkylation sites (tertiary alicyclic amines) is 1. The molecule has 2 aromatic rings. The Morgan fingerprint density at radius 2 is 2.17 bits per heavy atom. The second-order valence-electron chi connectivity index (χ2n) is 6.76. The van der Waals surface area contributed by atoms with Crippen molar-refractivity contribution in [1.29, 1.82) is 0 Å². The lowest BCUT2D eigenvalue weighted by atomic mass is 9.99. The summed E-state index contributed by atoms with van der Waals surface area (Å²) in [5, 5.41) is 11.3. The number of H-pyrrole nitrogens is 1. The number of nitrogens with one attached hydrogen (secondary N) is 1. The summed E-state index contributed by atoms with van der Waals surface area (Å²) in [5.41, 5.74) is 1.87. The number of hydrogen-bond donors (Lipinski definition) is 1. The average Bonchev–Trinajstić information content (AvgIpc) is 3.15. The average molecular weight is 351 g/mol. The first kappa shape index (κ1) is 17.2. The van der Waals surface area contributed by atoms with Crippen LogP contribution < -0.4 is 0 Å². The summed E-state index contributed by atoms with van der Waals surface area (Å²) < 4.78 is 26.1. The summed E-state index contributed by atoms with van der Waals surface area (Å²) in [5.74, 6) is 0. The first-order valence-electron chi connectivity index (χ1n) is 8.37. The number of aromatic amines is 1. The van der Waals surface area contributed by atoms with E-state index >= 15 is 0 Å². The van der Waals surface area contributed by atoms with Crippen molar-refractivity contribution >= 4 is 9.84 Å². The van der Waals surface area contributed by atoms with Crippen LogP contribution in [0.5, 0.6) is 0 Å². The first-order valence-corrected chi connectivity index (χ1v) is 10.3. The molecule has 0 amide bonds. The third kappa shape index (κ3) is 3.39. The van der Waals surface area contributed by atoms with Crippen LogP contribution in [0, 0.1) is 0 Å². The Kier molecular flexibility index (Phi) is 4.78. The first-order chi connectivity index (χ1) is 11.4. The van der Waals surface area contributed by atoms with Crippen LogP contribution in [0.1, 0.15) is 56.6 Å². The lowest BCUT2D eigenvalue weighted by Gasteiger charge is -2.35. The van der Waals surface area contributed by atoms with Crippen LogP contribution in [0.3, 0.4) is 0 Å². The molecule has 24 heavy (non-hydrogen) atoms. The van der Waals surface area contributed by atoms with Gasteiger partial charge in [0.25, 0.3) is 0 Å². The summed E-state index contributed by atoms with van der Waals surface area (Å²) in [6.07, 6.45) is 7.63. The summed E-state index contributed by atoms with van der Waals surface area (Å²) in [6.45, 7) is 5.92. The van der Waals surface area contributed by atoms with Gasteiger partial charge in [-0.3, -0.25) is 14.7 Å². The molecule has 2 aromatic heterocycles. The van der Waals surface area contributed by atoms with E-state index in [1.54, 1.807) is 0 Å². The fourth-order valence-electron chi connectivity index (χ4n) is 3.47. The van der Waals surface area contributed by atoms with Crippen molar-refractivity contribution in [3.8, 4) is 0 Å². The highest BCUT2D eigenvalue weighted by Crippen LogP contribution is 2.34. The van der Waals surface area contributed by atoms with E-state index in [2.05, 4.69) is 34.0 Å². The molecular formula is C16H25N5O2S. The number of sulfone groups is 1. The Bertz CT molecular complexity index is 793. The third-order valence-electron chi connectivity index (χ3n) is 4.59. The van der Waals surface area contributed by atoms with Crippen LogP contribution in [-0.2, 0) is 16.4 Å². The fraction of sp³-hybridized carbons (Fsp3) is 0.625. The zero-order chi connectivity index (χ0) is 17.3. The highest BCUT2D eigenvalue weighted by Gasteiger charge is 2.30. The fourth-order valence-corrected chi connectivity index (χ4v) is 4.29. The Balaban J connectivity index is 1.90. The van der Waals surface area contributed by atoms with E-state index in [0.29, 0.717) is 16.6 Å². The van der Waals surface area contributed by atoms with E-state index in [9.17, 15) is 8.42 Å². The molecule has 1 N–H and O–H groups in total. The molecule has 1 fully saturated rings. The number of hydrogen-bond acceptors (Lipinski definition) is 5. The Morgan fingerprint density at radius 1 is 1.38 bits per heavy atom. The smallest absolute Gasteiger partial charge is 0.178 e. The zero-order valence-corrected chi connectivity index (χ0v) is 15.3. The highest BCUT2D eigenvalue weighted by atomic mass is 32.2. The summed E-state index contributed by atoms with van der Waals surface area (Å²) >= 11 is 0. The van der Waals surface area contributed by atoms with Crippen LogP contribution in [0.2, 0.25) is 0 Å². The van der Waals surface area contributed by atoms with E-state index in [1.165, 1.54) is 12.5 Å². The monoisotopic (exact) mass is 351 g/mol. The van der Waals surface area contributed by atoms with Crippen molar-refractivity contribution in [1.82, 2.24) is 24.9 Å². The highest BCUT2D eigenvalue weighted by molar-refractivity contribution is 7.90. The van der Waals surface area contributed by atoms with Crippen molar-refractivity contribution in [3.05, 3.63) is 29.8 Å². The molecule has 3 heterocycles. The molecule has 0 bridgehead atoms. The maximum atomic E-state index is 12.0. The van der Waals surface area contributed by atoms with Crippen LogP contribution in [0.25, 0.3) is 0 Å². The molecule has 1 aliphatic heterocycles. The van der Waals surface area contributed by atoms with Crippen molar-refractivity contribution in [2.75, 3.05) is 12.8 Å². The minimum Gasteiger partial charge on any atom is -0.289 e. The number of nitrogens with zero attached hydrogens (tertiary/aromatic N) is 4. The summed E-state index contributed by atoms with van der Waals surface area (Å²) in [4.78, 5) is 2.65. The summed E-state index contributed by atoms with van der Waals surface area (Å²) in [7, 11) is -3.28. The largest absolute Gasteiger partial charge is 0.289 e. The topological polar surface area (TPSA) is 83.9 Å². The normalized spacial score (nSPS) is 19.9. The predicted octanol–water partition coefficient (Wildman–Crippen LogP) is 2.32. The van der Waals surface area contributed by atoms with Crippen LogP contribution in [0.4, 0.5) is 0 Å². The van der Waals surface area contributed by atoms with E-state index in [0.717, 1.165) is 38.0 Å². The number of piperidine rings is 1. The number of aromatic nitrogens is 4. The lowest BCUT2D eigenvalue weighted by Crippen LogP contribution is -2.34. The van der Waals surface area contributed by atoms with Gasteiger partial charge in [-0.15, -0.1) is 0 Å². The standard InChI is InChI=1S/C16H25N5O2S/c1-12(2)21-13(7-8-18-21)11-20-9-5-4-6-14(20)16-15(10-17-19-16)24(3,22)23/h7-8,10,12,14H,4-6,9,11H2,1-3H3,(H,17,19). The quantitative estimate of drug-likeness (QED) is 0.894. The van der Waals surface area contributed by atoms with Gasteiger partial charge in [0.2, 0.25) is 0 Å². The van der Waals surface area contributed by atoms with Gasteiger partial charge < -0.3 is 0 Å². The molecule has 0 radical (unpaired) electrons. The molecule has 0 spiro atoms. The van der Waals surface area contributed by atoms with Crippen LogP contribution in [-0.4, -0.2) is 46.1 Å². The Labute approximate surface area is 143 Å². The van der Waals surface area contributed by atoms with Gasteiger partial charge in [-0.05, 0) is 39.3 Å². The van der Waals surface area contributed by atoms with Crippen molar-refractivity contribution in [3.63, 3.8) is 0 Å². The zero-order valence-electron chi connectivity index (χ0n) is 14.4. The number of rotatable bonds is 5. The van der Waals surface area contributed by atoms with Crippen LogP contribution in [0.15, 0.2) is 23.4 Å². The molecule has 132 valence electrons. The van der Waals surface area contributed by atoms with Gasteiger partial charge in [0.05, 0.1) is 23.6 Å². The van der Waals surface area contributed by atoms with Gasteiger partial charge in [-0.2, -0.15) is 10.2 Å². The lowest BCUT2D eigenvalue weighted by molar-refractivity contribution is 0.130. The van der Waals surface area contributed by atoms with Crippen molar-refractivity contribution < 1.29 is 8.42 Å².